The molecule has 0 fully saturated rings. The first-order valence-corrected chi connectivity index (χ1v) is 7.39. The maximum Gasteiger partial charge on any atom is 0.287 e. The number of amides is 1. The highest BCUT2D eigenvalue weighted by molar-refractivity contribution is 6.16. The summed E-state index contributed by atoms with van der Waals surface area (Å²) in [5, 5.41) is 2.87. The molecule has 0 radical (unpaired) electrons. The third kappa shape index (κ3) is 5.66. The summed E-state index contributed by atoms with van der Waals surface area (Å²) in [6.07, 6.45) is 2.26. The second-order valence-corrected chi connectivity index (χ2v) is 4.76. The van der Waals surface area contributed by atoms with Crippen molar-refractivity contribution in [2.45, 2.75) is 32.6 Å². The summed E-state index contributed by atoms with van der Waals surface area (Å²) in [5.74, 6) is 1.05. The molecule has 0 aliphatic carbocycles. The van der Waals surface area contributed by atoms with Crippen molar-refractivity contribution in [3.63, 3.8) is 0 Å². The Labute approximate surface area is 120 Å². The van der Waals surface area contributed by atoms with Gasteiger partial charge in [0, 0.05) is 13.1 Å². The summed E-state index contributed by atoms with van der Waals surface area (Å²) in [7, 11) is 0. The van der Waals surface area contributed by atoms with E-state index in [1.807, 2.05) is 0 Å². The van der Waals surface area contributed by atoms with Gasteiger partial charge in [-0.15, -0.1) is 11.6 Å². The lowest BCUT2D eigenvalue weighted by Crippen LogP contribution is -2.35. The van der Waals surface area contributed by atoms with Crippen LogP contribution in [0.5, 0.6) is 0 Å². The summed E-state index contributed by atoms with van der Waals surface area (Å²) in [4.78, 5) is 14.2. The third-order valence-electron chi connectivity index (χ3n) is 2.81. The Morgan fingerprint density at radius 2 is 1.95 bits per heavy atom. The highest BCUT2D eigenvalue weighted by Crippen LogP contribution is 2.09. The van der Waals surface area contributed by atoms with Crippen molar-refractivity contribution in [3.8, 4) is 0 Å². The van der Waals surface area contributed by atoms with Gasteiger partial charge in [0.15, 0.2) is 5.76 Å². The van der Waals surface area contributed by atoms with Gasteiger partial charge in [0.05, 0.1) is 5.88 Å². The van der Waals surface area contributed by atoms with Gasteiger partial charge in [-0.25, -0.2) is 0 Å². The van der Waals surface area contributed by atoms with Crippen LogP contribution in [0.15, 0.2) is 16.5 Å². The van der Waals surface area contributed by atoms with Crippen molar-refractivity contribution < 1.29 is 9.21 Å². The Morgan fingerprint density at radius 1 is 1.26 bits per heavy atom. The molecule has 1 heterocycles. The molecule has 5 heteroatoms. The quantitative estimate of drug-likeness (QED) is 0.710. The van der Waals surface area contributed by atoms with E-state index >= 15 is 0 Å². The lowest BCUT2D eigenvalue weighted by atomic mass is 10.3. The average molecular weight is 287 g/mol. The maximum atomic E-state index is 11.8. The fourth-order valence-corrected chi connectivity index (χ4v) is 2.10. The number of alkyl halides is 1. The van der Waals surface area contributed by atoms with Crippen LogP contribution >= 0.6 is 11.6 Å². The number of rotatable bonds is 9. The third-order valence-corrected chi connectivity index (χ3v) is 3.07. The predicted molar refractivity (Wildman–Crippen MR) is 77.6 cm³/mol. The van der Waals surface area contributed by atoms with E-state index in [0.29, 0.717) is 18.1 Å². The highest BCUT2D eigenvalue weighted by atomic mass is 35.5. The minimum atomic E-state index is -0.177. The monoisotopic (exact) mass is 286 g/mol. The number of carbonyl (C=O) groups is 1. The fraction of sp³-hybridized carbons (Fsp3) is 0.643. The van der Waals surface area contributed by atoms with Crippen molar-refractivity contribution in [3.05, 3.63) is 23.7 Å². The van der Waals surface area contributed by atoms with E-state index in [1.165, 1.54) is 0 Å². The number of carbonyl (C=O) groups excluding carboxylic acids is 1. The van der Waals surface area contributed by atoms with E-state index < -0.39 is 0 Å². The van der Waals surface area contributed by atoms with Gasteiger partial charge >= 0.3 is 0 Å². The molecule has 0 saturated heterocycles. The topological polar surface area (TPSA) is 45.5 Å². The van der Waals surface area contributed by atoms with Crippen LogP contribution < -0.4 is 5.32 Å². The summed E-state index contributed by atoms with van der Waals surface area (Å²) in [6, 6.07) is 3.38. The second-order valence-electron chi connectivity index (χ2n) is 4.50. The van der Waals surface area contributed by atoms with Gasteiger partial charge in [-0.05, 0) is 38.1 Å². The molecule has 1 aromatic heterocycles. The average Bonchev–Trinajstić information content (AvgIpc) is 2.88. The second kappa shape index (κ2) is 8.99. The Balaban J connectivity index is 2.32. The van der Waals surface area contributed by atoms with Crippen LogP contribution in [-0.4, -0.2) is 37.0 Å². The zero-order valence-corrected chi connectivity index (χ0v) is 12.5. The summed E-state index contributed by atoms with van der Waals surface area (Å²) >= 11 is 5.63. The van der Waals surface area contributed by atoms with Gasteiger partial charge < -0.3 is 14.6 Å². The number of hydrogen-bond donors (Lipinski definition) is 1. The molecule has 1 aromatic rings. The zero-order chi connectivity index (χ0) is 14.1. The molecule has 108 valence electrons. The van der Waals surface area contributed by atoms with Crippen LogP contribution in [0.25, 0.3) is 0 Å². The number of halogens is 1. The van der Waals surface area contributed by atoms with Crippen molar-refractivity contribution in [1.82, 2.24) is 10.2 Å². The summed E-state index contributed by atoms with van der Waals surface area (Å²) in [6.45, 7) is 7.98. The molecule has 0 aliphatic heterocycles. The summed E-state index contributed by atoms with van der Waals surface area (Å²) in [5.41, 5.74) is 0. The molecule has 4 nitrogen and oxygen atoms in total. The molecular formula is C14H23ClN2O2. The molecule has 0 aromatic carbocycles. The fourth-order valence-electron chi connectivity index (χ4n) is 1.95. The Kier molecular flexibility index (Phi) is 7.60. The standard InChI is InChI=1S/C14H23ClN2O2/c1-3-8-17(9-4-2)10-7-16-14(18)13-6-5-12(11-15)19-13/h5-6H,3-4,7-11H2,1-2H3,(H,16,18). The first kappa shape index (κ1) is 16.1. The molecular weight excluding hydrogens is 264 g/mol. The van der Waals surface area contributed by atoms with E-state index in [2.05, 4.69) is 24.1 Å². The molecule has 0 atom stereocenters. The minimum Gasteiger partial charge on any atom is -0.455 e. The molecule has 1 amide bonds. The van der Waals surface area contributed by atoms with Crippen LogP contribution in [0, 0.1) is 0 Å². The molecule has 0 unspecified atom stereocenters. The van der Waals surface area contributed by atoms with Gasteiger partial charge in [0.25, 0.3) is 5.91 Å². The largest absolute Gasteiger partial charge is 0.455 e. The van der Waals surface area contributed by atoms with E-state index in [-0.39, 0.29) is 11.8 Å². The normalized spacial score (nSPS) is 10.9. The van der Waals surface area contributed by atoms with Crippen molar-refractivity contribution in [2.24, 2.45) is 0 Å². The molecule has 0 bridgehead atoms. The molecule has 0 saturated carbocycles. The number of furan rings is 1. The van der Waals surface area contributed by atoms with Gasteiger partial charge in [0.2, 0.25) is 0 Å². The van der Waals surface area contributed by atoms with Gasteiger partial charge in [-0.2, -0.15) is 0 Å². The summed E-state index contributed by atoms with van der Waals surface area (Å²) < 4.78 is 5.29. The number of hydrogen-bond acceptors (Lipinski definition) is 3. The first-order valence-electron chi connectivity index (χ1n) is 6.86. The Bertz CT molecular complexity index is 373. The van der Waals surface area contributed by atoms with E-state index in [9.17, 15) is 4.79 Å². The van der Waals surface area contributed by atoms with Crippen LogP contribution in [0.2, 0.25) is 0 Å². The van der Waals surface area contributed by atoms with Gasteiger partial charge in [0.1, 0.15) is 5.76 Å². The molecule has 1 rings (SSSR count). The van der Waals surface area contributed by atoms with Crippen LogP contribution in [0.1, 0.15) is 43.0 Å². The Morgan fingerprint density at radius 3 is 2.47 bits per heavy atom. The van der Waals surface area contributed by atoms with E-state index in [0.717, 1.165) is 32.5 Å². The van der Waals surface area contributed by atoms with Gasteiger partial charge in [-0.1, -0.05) is 13.8 Å². The van der Waals surface area contributed by atoms with Crippen molar-refractivity contribution in [2.75, 3.05) is 26.2 Å². The minimum absolute atomic E-state index is 0.177. The lowest BCUT2D eigenvalue weighted by molar-refractivity contribution is 0.0919. The van der Waals surface area contributed by atoms with E-state index in [4.69, 9.17) is 16.0 Å². The molecule has 0 aliphatic rings. The highest BCUT2D eigenvalue weighted by Gasteiger charge is 2.10. The Hall–Kier alpha value is -1.00. The molecule has 19 heavy (non-hydrogen) atoms. The van der Waals surface area contributed by atoms with E-state index in [1.54, 1.807) is 12.1 Å². The lowest BCUT2D eigenvalue weighted by Gasteiger charge is -2.20. The maximum absolute atomic E-state index is 11.8. The van der Waals surface area contributed by atoms with Crippen LogP contribution in [0.4, 0.5) is 0 Å². The van der Waals surface area contributed by atoms with Crippen molar-refractivity contribution >= 4 is 17.5 Å². The molecule has 0 spiro atoms. The smallest absolute Gasteiger partial charge is 0.287 e. The number of nitrogens with one attached hydrogen (secondary N) is 1. The van der Waals surface area contributed by atoms with Crippen LogP contribution in [-0.2, 0) is 5.88 Å². The number of nitrogens with zero attached hydrogens (tertiary/aromatic N) is 1. The van der Waals surface area contributed by atoms with Crippen LogP contribution in [0.3, 0.4) is 0 Å². The first-order chi connectivity index (χ1) is 9.21. The SMILES string of the molecule is CCCN(CCC)CCNC(=O)c1ccc(CCl)o1. The van der Waals surface area contributed by atoms with Crippen molar-refractivity contribution in [1.29, 1.82) is 0 Å². The predicted octanol–water partition coefficient (Wildman–Crippen LogP) is 2.87. The van der Waals surface area contributed by atoms with Gasteiger partial charge in [-0.3, -0.25) is 4.79 Å². The molecule has 1 N–H and O–H groups in total. The zero-order valence-electron chi connectivity index (χ0n) is 11.7.